The lowest BCUT2D eigenvalue weighted by Gasteiger charge is -2.38. The number of nitrogens with one attached hydrogen (secondary N) is 1. The van der Waals surface area contributed by atoms with Gasteiger partial charge in [-0.25, -0.2) is 14.6 Å². The molecule has 0 bridgehead atoms. The number of amides is 1. The van der Waals surface area contributed by atoms with E-state index in [0.717, 1.165) is 36.8 Å². The van der Waals surface area contributed by atoms with Gasteiger partial charge in [0, 0.05) is 18.3 Å². The van der Waals surface area contributed by atoms with Crippen LogP contribution in [-0.4, -0.2) is 37.2 Å². The second kappa shape index (κ2) is 7.00. The van der Waals surface area contributed by atoms with Crippen LogP contribution in [0.4, 0.5) is 4.79 Å². The number of carbonyl (C=O) groups is 1. The van der Waals surface area contributed by atoms with E-state index in [2.05, 4.69) is 22.1 Å². The highest BCUT2D eigenvalue weighted by Crippen LogP contribution is 2.45. The normalized spacial score (nSPS) is 26.1. The zero-order valence-corrected chi connectivity index (χ0v) is 17.2. The number of hydrogen-bond donors (Lipinski definition) is 1. The summed E-state index contributed by atoms with van der Waals surface area (Å²) in [5, 5.41) is 0. The van der Waals surface area contributed by atoms with E-state index in [0.29, 0.717) is 5.65 Å². The number of rotatable bonds is 3. The molecule has 2 fully saturated rings. The molecular weight excluding hydrogens is 380 g/mol. The van der Waals surface area contributed by atoms with Crippen LogP contribution in [0.1, 0.15) is 57.2 Å². The quantitative estimate of drug-likeness (QED) is 0.708. The van der Waals surface area contributed by atoms with Crippen molar-refractivity contribution in [2.45, 2.75) is 63.3 Å². The topological polar surface area (TPSA) is 80.2 Å². The Hall–Kier alpha value is -3.09. The van der Waals surface area contributed by atoms with Crippen molar-refractivity contribution in [2.75, 3.05) is 0 Å². The number of imidazole rings is 1. The molecule has 2 aliphatic rings. The van der Waals surface area contributed by atoms with Crippen LogP contribution in [0.2, 0.25) is 0 Å². The van der Waals surface area contributed by atoms with E-state index in [1.165, 1.54) is 0 Å². The summed E-state index contributed by atoms with van der Waals surface area (Å²) in [7, 11) is 0. The van der Waals surface area contributed by atoms with E-state index in [1.54, 1.807) is 10.8 Å². The van der Waals surface area contributed by atoms with Crippen molar-refractivity contribution in [3.05, 3.63) is 64.7 Å². The number of nitrogens with zero attached hydrogens (tertiary/aromatic N) is 3. The summed E-state index contributed by atoms with van der Waals surface area (Å²) in [5.74, 6) is 0. The van der Waals surface area contributed by atoms with Crippen molar-refractivity contribution in [1.82, 2.24) is 19.4 Å². The van der Waals surface area contributed by atoms with Crippen LogP contribution < -0.4 is 5.69 Å². The molecule has 1 aliphatic heterocycles. The van der Waals surface area contributed by atoms with Gasteiger partial charge >= 0.3 is 11.8 Å². The highest BCUT2D eigenvalue weighted by atomic mass is 16.6. The van der Waals surface area contributed by atoms with E-state index in [4.69, 9.17) is 4.74 Å². The van der Waals surface area contributed by atoms with E-state index >= 15 is 0 Å². The van der Waals surface area contributed by atoms with Crippen molar-refractivity contribution < 1.29 is 9.53 Å². The van der Waals surface area contributed by atoms with Gasteiger partial charge in [-0.3, -0.25) is 9.47 Å². The van der Waals surface area contributed by atoms with Crippen molar-refractivity contribution in [1.29, 1.82) is 0 Å². The summed E-state index contributed by atoms with van der Waals surface area (Å²) in [5.41, 5.74) is 1.85. The molecule has 7 nitrogen and oxygen atoms in total. The number of ether oxygens (including phenoxy) is 1. The standard InChI is InChI=1S/C23H26N4O3/c1-23(2)19(15-7-4-3-5-8-15)26(22(29)30-23)16-10-12-17(13-11-16)27-20-18(25-21(27)28)9-6-14-24-20/h3-9,14,16-17,19H,10-13H2,1-2H3,(H,25,28)/t16-,17-,19-/m0/s1. The minimum atomic E-state index is -0.590. The third-order valence-electron chi connectivity index (χ3n) is 6.51. The third kappa shape index (κ3) is 3.00. The Morgan fingerprint density at radius 3 is 2.43 bits per heavy atom. The first-order valence-corrected chi connectivity index (χ1v) is 10.6. The van der Waals surface area contributed by atoms with Crippen LogP contribution in [0, 0.1) is 0 Å². The number of H-pyrrole nitrogens is 1. The van der Waals surface area contributed by atoms with Crippen molar-refractivity contribution in [2.24, 2.45) is 0 Å². The number of cyclic esters (lactones) is 1. The SMILES string of the molecule is CC1(C)OC(=O)N([C@H]2CC[C@H](n3c(=O)[nH]c4cccnc43)CC2)[C@H]1c1ccccc1. The smallest absolute Gasteiger partial charge is 0.411 e. The first-order chi connectivity index (χ1) is 14.5. The first-order valence-electron chi connectivity index (χ1n) is 10.6. The minimum Gasteiger partial charge on any atom is -0.441 e. The van der Waals surface area contributed by atoms with Crippen LogP contribution >= 0.6 is 0 Å². The summed E-state index contributed by atoms with van der Waals surface area (Å²) in [6.07, 6.45) is 4.75. The van der Waals surface area contributed by atoms with Gasteiger partial charge in [0.15, 0.2) is 5.65 Å². The zero-order chi connectivity index (χ0) is 20.9. The molecule has 1 saturated heterocycles. The van der Waals surface area contributed by atoms with Crippen LogP contribution in [0.15, 0.2) is 53.5 Å². The summed E-state index contributed by atoms with van der Waals surface area (Å²) >= 11 is 0. The summed E-state index contributed by atoms with van der Waals surface area (Å²) in [6, 6.07) is 13.9. The van der Waals surface area contributed by atoms with Gasteiger partial charge in [-0.15, -0.1) is 0 Å². The number of aromatic nitrogens is 3. The molecule has 5 rings (SSSR count). The fourth-order valence-electron chi connectivity index (χ4n) is 5.22. The molecule has 1 aromatic carbocycles. The minimum absolute atomic E-state index is 0.0826. The van der Waals surface area contributed by atoms with Gasteiger partial charge in [-0.05, 0) is 57.2 Å². The Morgan fingerprint density at radius 2 is 1.70 bits per heavy atom. The average Bonchev–Trinajstić information content (AvgIpc) is 3.20. The summed E-state index contributed by atoms with van der Waals surface area (Å²) < 4.78 is 7.56. The predicted molar refractivity (Wildman–Crippen MR) is 113 cm³/mol. The lowest BCUT2D eigenvalue weighted by Crippen LogP contribution is -2.43. The van der Waals surface area contributed by atoms with Crippen molar-refractivity contribution >= 4 is 17.3 Å². The lowest BCUT2D eigenvalue weighted by molar-refractivity contribution is 0.0662. The molecule has 0 unspecified atom stereocenters. The van der Waals surface area contributed by atoms with Crippen LogP contribution in [0.25, 0.3) is 11.2 Å². The molecular formula is C23H26N4O3. The van der Waals surface area contributed by atoms with Gasteiger partial charge in [-0.2, -0.15) is 0 Å². The van der Waals surface area contributed by atoms with Crippen LogP contribution in [0.3, 0.4) is 0 Å². The van der Waals surface area contributed by atoms with E-state index in [1.807, 2.05) is 49.1 Å². The highest BCUT2D eigenvalue weighted by Gasteiger charge is 2.51. The predicted octanol–water partition coefficient (Wildman–Crippen LogP) is 4.18. The monoisotopic (exact) mass is 406 g/mol. The lowest BCUT2D eigenvalue weighted by atomic mass is 9.86. The maximum Gasteiger partial charge on any atom is 0.411 e. The third-order valence-corrected chi connectivity index (χ3v) is 6.51. The molecule has 3 aromatic rings. The maximum absolute atomic E-state index is 12.8. The fraction of sp³-hybridized carbons (Fsp3) is 0.435. The average molecular weight is 406 g/mol. The van der Waals surface area contributed by atoms with E-state index < -0.39 is 5.60 Å². The number of fused-ring (bicyclic) bond motifs is 1. The molecule has 1 N–H and O–H groups in total. The summed E-state index contributed by atoms with van der Waals surface area (Å²) in [4.78, 5) is 34.6. The molecule has 2 aromatic heterocycles. The molecule has 0 spiro atoms. The molecule has 1 atom stereocenters. The van der Waals surface area contributed by atoms with Gasteiger partial charge in [0.25, 0.3) is 0 Å². The second-order valence-corrected chi connectivity index (χ2v) is 8.83. The molecule has 1 aliphatic carbocycles. The Bertz CT molecular complexity index is 1130. The Morgan fingerprint density at radius 1 is 1.00 bits per heavy atom. The van der Waals surface area contributed by atoms with Crippen LogP contribution in [0.5, 0.6) is 0 Å². The first kappa shape index (κ1) is 18.9. The Labute approximate surface area is 174 Å². The van der Waals surface area contributed by atoms with E-state index in [9.17, 15) is 9.59 Å². The molecule has 0 radical (unpaired) electrons. The van der Waals surface area contributed by atoms with Gasteiger partial charge in [0.1, 0.15) is 5.60 Å². The molecule has 156 valence electrons. The van der Waals surface area contributed by atoms with Crippen molar-refractivity contribution in [3.63, 3.8) is 0 Å². The zero-order valence-electron chi connectivity index (χ0n) is 17.2. The number of carbonyl (C=O) groups excluding carboxylic acids is 1. The maximum atomic E-state index is 12.8. The van der Waals surface area contributed by atoms with Crippen molar-refractivity contribution in [3.8, 4) is 0 Å². The van der Waals surface area contributed by atoms with Gasteiger partial charge < -0.3 is 9.72 Å². The number of pyridine rings is 1. The van der Waals surface area contributed by atoms with Crippen LogP contribution in [-0.2, 0) is 4.74 Å². The molecule has 1 saturated carbocycles. The van der Waals surface area contributed by atoms with E-state index in [-0.39, 0.29) is 29.9 Å². The molecule has 30 heavy (non-hydrogen) atoms. The number of hydrogen-bond acceptors (Lipinski definition) is 4. The molecule has 1 amide bonds. The Kier molecular flexibility index (Phi) is 4.41. The second-order valence-electron chi connectivity index (χ2n) is 8.83. The Balaban J connectivity index is 1.40. The van der Waals surface area contributed by atoms with Gasteiger partial charge in [-0.1, -0.05) is 30.3 Å². The summed E-state index contributed by atoms with van der Waals surface area (Å²) in [6.45, 7) is 3.96. The number of aromatic amines is 1. The van der Waals surface area contributed by atoms with Gasteiger partial charge in [0.2, 0.25) is 0 Å². The van der Waals surface area contributed by atoms with Gasteiger partial charge in [0.05, 0.1) is 11.6 Å². The number of benzene rings is 1. The fourth-order valence-corrected chi connectivity index (χ4v) is 5.22. The largest absolute Gasteiger partial charge is 0.441 e. The molecule has 7 heteroatoms. The molecule has 3 heterocycles. The highest BCUT2D eigenvalue weighted by molar-refractivity contribution is 5.72.